The number of carbonyl (C=O) groups excluding carboxylic acids is 1. The van der Waals surface area contributed by atoms with Crippen LogP contribution in [0.1, 0.15) is 31.4 Å². The van der Waals surface area contributed by atoms with Crippen LogP contribution in [0.4, 0.5) is 0 Å². The number of methoxy groups -OCH3 is 1. The van der Waals surface area contributed by atoms with Crippen molar-refractivity contribution in [3.05, 3.63) is 45.7 Å². The molecule has 0 aliphatic carbocycles. The number of aromatic nitrogens is 1. The number of H-pyrrole nitrogens is 1. The fourth-order valence-corrected chi connectivity index (χ4v) is 4.15. The number of amides is 1. The van der Waals surface area contributed by atoms with Crippen molar-refractivity contribution in [2.45, 2.75) is 45.7 Å². The highest BCUT2D eigenvalue weighted by molar-refractivity contribution is 5.83. The minimum Gasteiger partial charge on any atom is -0.385 e. The van der Waals surface area contributed by atoms with Gasteiger partial charge in [-0.2, -0.15) is 0 Å². The maximum absolute atomic E-state index is 12.9. The van der Waals surface area contributed by atoms with Crippen LogP contribution >= 0.6 is 0 Å². The van der Waals surface area contributed by atoms with Gasteiger partial charge in [0.05, 0.1) is 6.42 Å². The maximum atomic E-state index is 12.9. The van der Waals surface area contributed by atoms with E-state index in [1.165, 1.54) is 0 Å². The summed E-state index contributed by atoms with van der Waals surface area (Å²) in [5, 5.41) is 0.965. The van der Waals surface area contributed by atoms with Gasteiger partial charge in [-0.1, -0.05) is 6.07 Å². The Kier molecular flexibility index (Phi) is 6.52. The number of fused-ring (bicyclic) bond motifs is 1. The number of benzene rings is 1. The van der Waals surface area contributed by atoms with Crippen LogP contribution in [0.3, 0.4) is 0 Å². The van der Waals surface area contributed by atoms with Gasteiger partial charge >= 0.3 is 0 Å². The number of aromatic amines is 1. The Morgan fingerprint density at radius 2 is 1.93 bits per heavy atom. The second-order valence-electron chi connectivity index (χ2n) is 7.96. The van der Waals surface area contributed by atoms with Crippen molar-refractivity contribution in [1.29, 1.82) is 0 Å². The lowest BCUT2D eigenvalue weighted by Crippen LogP contribution is -2.58. The monoisotopic (exact) mass is 385 g/mol. The van der Waals surface area contributed by atoms with E-state index in [2.05, 4.69) is 23.7 Å². The molecule has 1 amide bonds. The zero-order valence-corrected chi connectivity index (χ0v) is 17.3. The van der Waals surface area contributed by atoms with Crippen molar-refractivity contribution in [2.75, 3.05) is 33.4 Å². The number of carbonyl (C=O) groups is 1. The Morgan fingerprint density at radius 1 is 1.21 bits per heavy atom. The molecule has 152 valence electrons. The fraction of sp³-hybridized carbons (Fsp3) is 0.545. The third-order valence-electron chi connectivity index (χ3n) is 5.67. The number of pyridine rings is 1. The van der Waals surface area contributed by atoms with Crippen LogP contribution in [0.5, 0.6) is 0 Å². The summed E-state index contributed by atoms with van der Waals surface area (Å²) in [7, 11) is 1.73. The lowest BCUT2D eigenvalue weighted by molar-refractivity contribution is -0.134. The van der Waals surface area contributed by atoms with Gasteiger partial charge in [-0.3, -0.25) is 14.5 Å². The SMILES string of the molecule is COCCCN1C(C)CN(C(=O)Cc2ccc3[nH]c(=O)c(C)cc3c2)CC1C. The Labute approximate surface area is 166 Å². The summed E-state index contributed by atoms with van der Waals surface area (Å²) in [4.78, 5) is 32.0. The molecule has 6 nitrogen and oxygen atoms in total. The number of ether oxygens (including phenoxy) is 1. The van der Waals surface area contributed by atoms with Crippen molar-refractivity contribution in [1.82, 2.24) is 14.8 Å². The molecule has 2 unspecified atom stereocenters. The predicted molar refractivity (Wildman–Crippen MR) is 112 cm³/mol. The number of piperazine rings is 1. The maximum Gasteiger partial charge on any atom is 0.251 e. The van der Waals surface area contributed by atoms with E-state index in [1.54, 1.807) is 14.0 Å². The highest BCUT2D eigenvalue weighted by Crippen LogP contribution is 2.19. The number of hydrogen-bond donors (Lipinski definition) is 1. The first-order valence-electron chi connectivity index (χ1n) is 10.0. The van der Waals surface area contributed by atoms with Crippen LogP contribution in [0.15, 0.2) is 29.1 Å². The smallest absolute Gasteiger partial charge is 0.251 e. The van der Waals surface area contributed by atoms with Crippen molar-refractivity contribution in [3.8, 4) is 0 Å². The van der Waals surface area contributed by atoms with Crippen molar-refractivity contribution in [3.63, 3.8) is 0 Å². The van der Waals surface area contributed by atoms with Crippen LogP contribution in [-0.2, 0) is 16.0 Å². The normalized spacial score (nSPS) is 20.6. The number of hydrogen-bond acceptors (Lipinski definition) is 4. The van der Waals surface area contributed by atoms with Crippen LogP contribution in [0.2, 0.25) is 0 Å². The number of aryl methyl sites for hydroxylation is 1. The molecule has 1 saturated heterocycles. The molecule has 28 heavy (non-hydrogen) atoms. The van der Waals surface area contributed by atoms with Crippen LogP contribution in [0, 0.1) is 6.92 Å². The van der Waals surface area contributed by atoms with E-state index in [0.717, 1.165) is 49.1 Å². The summed E-state index contributed by atoms with van der Waals surface area (Å²) in [5.74, 6) is 0.163. The minimum absolute atomic E-state index is 0.0670. The van der Waals surface area contributed by atoms with Crippen molar-refractivity contribution in [2.24, 2.45) is 0 Å². The Bertz CT molecular complexity index is 880. The second kappa shape index (κ2) is 8.88. The fourth-order valence-electron chi connectivity index (χ4n) is 4.15. The third kappa shape index (κ3) is 4.62. The molecule has 1 aromatic heterocycles. The Hall–Kier alpha value is -2.18. The van der Waals surface area contributed by atoms with Gasteiger partial charge in [0.1, 0.15) is 0 Å². The standard InChI is InChI=1S/C22H31N3O3/c1-15-10-19-11-18(6-7-20(19)23-22(15)27)12-21(26)24-13-16(2)25(17(3)14-24)8-5-9-28-4/h6-7,10-11,16-17H,5,8-9,12-14H2,1-4H3,(H,23,27). The Balaban J connectivity index is 1.65. The van der Waals surface area contributed by atoms with E-state index in [-0.39, 0.29) is 11.5 Å². The van der Waals surface area contributed by atoms with Gasteiger partial charge in [0, 0.05) is 56.5 Å². The zero-order valence-electron chi connectivity index (χ0n) is 17.3. The third-order valence-corrected chi connectivity index (χ3v) is 5.67. The largest absolute Gasteiger partial charge is 0.385 e. The molecule has 2 atom stereocenters. The Morgan fingerprint density at radius 3 is 2.61 bits per heavy atom. The average molecular weight is 386 g/mol. The summed E-state index contributed by atoms with van der Waals surface area (Å²) in [6.07, 6.45) is 1.40. The minimum atomic E-state index is -0.0670. The summed E-state index contributed by atoms with van der Waals surface area (Å²) in [5.41, 5.74) is 2.40. The molecule has 0 bridgehead atoms. The molecule has 0 saturated carbocycles. The van der Waals surface area contributed by atoms with Crippen LogP contribution < -0.4 is 5.56 Å². The average Bonchev–Trinajstić information content (AvgIpc) is 2.65. The molecule has 1 aromatic carbocycles. The van der Waals surface area contributed by atoms with Crippen molar-refractivity contribution >= 4 is 16.8 Å². The van der Waals surface area contributed by atoms with Gasteiger partial charge in [0.2, 0.25) is 5.91 Å². The molecule has 3 rings (SSSR count). The highest BCUT2D eigenvalue weighted by atomic mass is 16.5. The molecule has 2 aromatic rings. The van der Waals surface area contributed by atoms with E-state index >= 15 is 0 Å². The molecule has 1 aliphatic rings. The lowest BCUT2D eigenvalue weighted by atomic mass is 10.0. The topological polar surface area (TPSA) is 65.6 Å². The summed E-state index contributed by atoms with van der Waals surface area (Å²) in [6.45, 7) is 9.47. The first kappa shape index (κ1) is 20.6. The molecule has 0 radical (unpaired) electrons. The highest BCUT2D eigenvalue weighted by Gasteiger charge is 2.31. The summed E-state index contributed by atoms with van der Waals surface area (Å²) in [6, 6.07) is 8.38. The summed E-state index contributed by atoms with van der Waals surface area (Å²) < 4.78 is 5.16. The van der Waals surface area contributed by atoms with Gasteiger partial charge in [0.25, 0.3) is 5.56 Å². The number of nitrogens with one attached hydrogen (secondary N) is 1. The van der Waals surface area contributed by atoms with Crippen molar-refractivity contribution < 1.29 is 9.53 Å². The molecular formula is C22H31N3O3. The first-order chi connectivity index (χ1) is 13.4. The van der Waals surface area contributed by atoms with Gasteiger partial charge < -0.3 is 14.6 Å². The zero-order chi connectivity index (χ0) is 20.3. The lowest BCUT2D eigenvalue weighted by Gasteiger charge is -2.44. The van der Waals surface area contributed by atoms with Crippen LogP contribution in [-0.4, -0.2) is 66.1 Å². The number of nitrogens with zero attached hydrogens (tertiary/aromatic N) is 2. The van der Waals surface area contributed by atoms with E-state index in [4.69, 9.17) is 4.74 Å². The molecule has 1 N–H and O–H groups in total. The predicted octanol–water partition coefficient (Wildman–Crippen LogP) is 2.34. The second-order valence-corrected chi connectivity index (χ2v) is 7.96. The van der Waals surface area contributed by atoms with E-state index in [1.807, 2.05) is 29.2 Å². The molecule has 1 aliphatic heterocycles. The molecule has 0 spiro atoms. The quantitative estimate of drug-likeness (QED) is 0.775. The van der Waals surface area contributed by atoms with E-state index < -0.39 is 0 Å². The molecule has 6 heteroatoms. The molecule has 1 fully saturated rings. The van der Waals surface area contributed by atoms with Crippen LogP contribution in [0.25, 0.3) is 10.9 Å². The van der Waals surface area contributed by atoms with Gasteiger partial charge in [-0.25, -0.2) is 0 Å². The first-order valence-corrected chi connectivity index (χ1v) is 10.0. The van der Waals surface area contributed by atoms with E-state index in [0.29, 0.717) is 24.1 Å². The van der Waals surface area contributed by atoms with E-state index in [9.17, 15) is 9.59 Å². The number of rotatable bonds is 6. The van der Waals surface area contributed by atoms with Gasteiger partial charge in [0.15, 0.2) is 0 Å². The van der Waals surface area contributed by atoms with Gasteiger partial charge in [-0.05, 0) is 56.3 Å². The molecule has 2 heterocycles. The van der Waals surface area contributed by atoms with Gasteiger partial charge in [-0.15, -0.1) is 0 Å². The molecular weight excluding hydrogens is 354 g/mol. The summed E-state index contributed by atoms with van der Waals surface area (Å²) >= 11 is 0.